The number of pyridine rings is 1. The van der Waals surface area contributed by atoms with E-state index in [2.05, 4.69) is 10.3 Å². The van der Waals surface area contributed by atoms with E-state index in [1.54, 1.807) is 26.0 Å². The van der Waals surface area contributed by atoms with E-state index >= 15 is 0 Å². The molecule has 0 fully saturated rings. The van der Waals surface area contributed by atoms with Crippen molar-refractivity contribution in [2.24, 2.45) is 0 Å². The van der Waals surface area contributed by atoms with Gasteiger partial charge in [-0.05, 0) is 56.0 Å². The van der Waals surface area contributed by atoms with Crippen molar-refractivity contribution in [3.63, 3.8) is 0 Å². The highest BCUT2D eigenvalue weighted by Crippen LogP contribution is 2.21. The lowest BCUT2D eigenvalue weighted by Crippen LogP contribution is -2.18. The van der Waals surface area contributed by atoms with Crippen LogP contribution in [0.15, 0.2) is 23.0 Å². The van der Waals surface area contributed by atoms with Gasteiger partial charge in [-0.3, -0.25) is 9.59 Å². The number of nitrogens with zero attached hydrogens (tertiary/aromatic N) is 1. The number of carbonyl (C=O) groups is 1. The maximum Gasteiger partial charge on any atom is 0.266 e. The van der Waals surface area contributed by atoms with E-state index in [0.29, 0.717) is 28.4 Å². The van der Waals surface area contributed by atoms with Gasteiger partial charge in [0.05, 0.1) is 0 Å². The van der Waals surface area contributed by atoms with Crippen molar-refractivity contribution >= 4 is 23.2 Å². The lowest BCUT2D eigenvalue weighted by Gasteiger charge is -2.12. The Balaban J connectivity index is 2.14. The second kappa shape index (κ2) is 7.33. The lowest BCUT2D eigenvalue weighted by molar-refractivity contribution is -0.116. The summed E-state index contributed by atoms with van der Waals surface area (Å²) in [5.41, 5.74) is 3.45. The van der Waals surface area contributed by atoms with Crippen LogP contribution in [0.1, 0.15) is 34.4 Å². The Bertz CT molecular complexity index is 894. The molecule has 0 aliphatic heterocycles. The number of hydrogen-bond donors (Lipinski definition) is 2. The number of hydrogen-bond acceptors (Lipinski definition) is 3. The van der Waals surface area contributed by atoms with E-state index in [-0.39, 0.29) is 17.9 Å². The average molecular weight is 344 g/mol. The number of rotatable bonds is 4. The number of carbonyl (C=O) groups excluding carboxylic acids is 1. The third kappa shape index (κ3) is 3.84. The van der Waals surface area contributed by atoms with Gasteiger partial charge in [-0.25, -0.2) is 0 Å². The molecular formula is C18H18ClN3O2. The molecule has 1 aromatic carbocycles. The van der Waals surface area contributed by atoms with Crippen LogP contribution in [0.2, 0.25) is 5.02 Å². The van der Waals surface area contributed by atoms with Gasteiger partial charge >= 0.3 is 0 Å². The smallest absolute Gasteiger partial charge is 0.266 e. The van der Waals surface area contributed by atoms with Crippen molar-refractivity contribution in [2.45, 2.75) is 33.6 Å². The van der Waals surface area contributed by atoms with Gasteiger partial charge in [0, 0.05) is 22.8 Å². The van der Waals surface area contributed by atoms with E-state index < -0.39 is 5.56 Å². The molecule has 24 heavy (non-hydrogen) atoms. The number of aryl methyl sites for hydroxylation is 2. The molecular weight excluding hydrogens is 326 g/mol. The van der Waals surface area contributed by atoms with Gasteiger partial charge in [0.2, 0.25) is 5.91 Å². The minimum Gasteiger partial charge on any atom is -0.326 e. The van der Waals surface area contributed by atoms with Crippen LogP contribution in [0.3, 0.4) is 0 Å². The highest BCUT2D eigenvalue weighted by Gasteiger charge is 2.13. The Morgan fingerprint density at radius 2 is 2.04 bits per heavy atom. The molecule has 0 spiro atoms. The van der Waals surface area contributed by atoms with Gasteiger partial charge in [0.15, 0.2) is 0 Å². The number of H-pyrrole nitrogens is 1. The molecule has 6 heteroatoms. The van der Waals surface area contributed by atoms with Crippen molar-refractivity contribution < 1.29 is 4.79 Å². The van der Waals surface area contributed by atoms with E-state index in [1.807, 2.05) is 19.1 Å². The Labute approximate surface area is 145 Å². The number of amides is 1. The minimum absolute atomic E-state index is 0.0988. The molecule has 5 nitrogen and oxygen atoms in total. The van der Waals surface area contributed by atoms with Crippen molar-refractivity contribution in [3.05, 3.63) is 61.5 Å². The molecule has 2 rings (SSSR count). The Morgan fingerprint density at radius 1 is 1.33 bits per heavy atom. The highest BCUT2D eigenvalue weighted by molar-refractivity contribution is 6.31. The van der Waals surface area contributed by atoms with E-state index in [0.717, 1.165) is 11.1 Å². The third-order valence-corrected chi connectivity index (χ3v) is 4.23. The van der Waals surface area contributed by atoms with Gasteiger partial charge < -0.3 is 10.3 Å². The fourth-order valence-corrected chi connectivity index (χ4v) is 2.77. The zero-order valence-electron chi connectivity index (χ0n) is 13.8. The fourth-order valence-electron chi connectivity index (χ4n) is 2.60. The second-order valence-electron chi connectivity index (χ2n) is 5.68. The van der Waals surface area contributed by atoms with Crippen molar-refractivity contribution in [1.29, 1.82) is 5.26 Å². The lowest BCUT2D eigenvalue weighted by atomic mass is 9.99. The van der Waals surface area contributed by atoms with Crippen LogP contribution in [0.5, 0.6) is 0 Å². The molecule has 2 aromatic rings. The standard InChI is InChI=1S/C18H18ClN3O2/c1-10-4-5-13(19)8-16(10)22-17(23)7-6-14-11(2)15(9-20)18(24)21-12(14)3/h4-5,8H,6-7H2,1-3H3,(H,21,24)(H,22,23). The molecule has 0 aliphatic carbocycles. The van der Waals surface area contributed by atoms with Crippen LogP contribution in [-0.2, 0) is 11.2 Å². The van der Waals surface area contributed by atoms with Crippen LogP contribution < -0.4 is 10.9 Å². The van der Waals surface area contributed by atoms with Gasteiger partial charge in [0.25, 0.3) is 5.56 Å². The minimum atomic E-state index is -0.393. The molecule has 124 valence electrons. The Kier molecular flexibility index (Phi) is 5.42. The largest absolute Gasteiger partial charge is 0.326 e. The molecule has 0 aliphatic rings. The number of aromatic amines is 1. The molecule has 0 bridgehead atoms. The van der Waals surface area contributed by atoms with Crippen LogP contribution >= 0.6 is 11.6 Å². The first kappa shape index (κ1) is 17.8. The van der Waals surface area contributed by atoms with Gasteiger partial charge in [-0.15, -0.1) is 0 Å². The van der Waals surface area contributed by atoms with Crippen LogP contribution in [0.25, 0.3) is 0 Å². The quantitative estimate of drug-likeness (QED) is 0.892. The fraction of sp³-hybridized carbons (Fsp3) is 0.278. The Morgan fingerprint density at radius 3 is 2.71 bits per heavy atom. The van der Waals surface area contributed by atoms with Crippen LogP contribution in [-0.4, -0.2) is 10.9 Å². The summed E-state index contributed by atoms with van der Waals surface area (Å²) in [6, 6.07) is 7.23. The molecule has 0 saturated heterocycles. The zero-order valence-corrected chi connectivity index (χ0v) is 14.5. The highest BCUT2D eigenvalue weighted by atomic mass is 35.5. The number of aromatic nitrogens is 1. The zero-order chi connectivity index (χ0) is 17.9. The van der Waals surface area contributed by atoms with Crippen molar-refractivity contribution in [1.82, 2.24) is 4.98 Å². The topological polar surface area (TPSA) is 85.8 Å². The molecule has 1 heterocycles. The summed E-state index contributed by atoms with van der Waals surface area (Å²) in [5.74, 6) is -0.149. The first-order chi connectivity index (χ1) is 11.3. The normalized spacial score (nSPS) is 10.3. The van der Waals surface area contributed by atoms with Crippen molar-refractivity contribution in [2.75, 3.05) is 5.32 Å². The van der Waals surface area contributed by atoms with Gasteiger partial charge in [-0.1, -0.05) is 17.7 Å². The first-order valence-electron chi connectivity index (χ1n) is 7.52. The third-order valence-electron chi connectivity index (χ3n) is 4.00. The van der Waals surface area contributed by atoms with Gasteiger partial charge in [0.1, 0.15) is 11.6 Å². The molecule has 0 radical (unpaired) electrons. The van der Waals surface area contributed by atoms with Gasteiger partial charge in [-0.2, -0.15) is 5.26 Å². The molecule has 1 aromatic heterocycles. The average Bonchev–Trinajstić information content (AvgIpc) is 2.50. The summed E-state index contributed by atoms with van der Waals surface area (Å²) in [6.07, 6.45) is 0.680. The molecule has 0 unspecified atom stereocenters. The summed E-state index contributed by atoms with van der Waals surface area (Å²) in [7, 11) is 0. The summed E-state index contributed by atoms with van der Waals surface area (Å²) in [5, 5.41) is 12.5. The van der Waals surface area contributed by atoms with Crippen LogP contribution in [0.4, 0.5) is 5.69 Å². The second-order valence-corrected chi connectivity index (χ2v) is 6.11. The van der Waals surface area contributed by atoms with E-state index in [1.165, 1.54) is 0 Å². The maximum atomic E-state index is 12.2. The predicted molar refractivity (Wildman–Crippen MR) is 94.4 cm³/mol. The van der Waals surface area contributed by atoms with E-state index in [9.17, 15) is 9.59 Å². The number of halogens is 1. The Hall–Kier alpha value is -2.58. The summed E-state index contributed by atoms with van der Waals surface area (Å²) in [4.78, 5) is 26.6. The number of nitriles is 1. The number of anilines is 1. The maximum absolute atomic E-state index is 12.2. The molecule has 1 amide bonds. The monoisotopic (exact) mass is 343 g/mol. The summed E-state index contributed by atoms with van der Waals surface area (Å²) >= 11 is 5.95. The summed E-state index contributed by atoms with van der Waals surface area (Å²) < 4.78 is 0. The van der Waals surface area contributed by atoms with Crippen molar-refractivity contribution in [3.8, 4) is 6.07 Å². The molecule has 0 atom stereocenters. The SMILES string of the molecule is Cc1ccc(Cl)cc1NC(=O)CCc1c(C)[nH]c(=O)c(C#N)c1C. The first-order valence-corrected chi connectivity index (χ1v) is 7.89. The molecule has 0 saturated carbocycles. The van der Waals surface area contributed by atoms with E-state index in [4.69, 9.17) is 16.9 Å². The van der Waals surface area contributed by atoms with Crippen LogP contribution in [0, 0.1) is 32.1 Å². The number of benzene rings is 1. The number of nitrogens with one attached hydrogen (secondary N) is 2. The molecule has 2 N–H and O–H groups in total. The summed E-state index contributed by atoms with van der Waals surface area (Å²) in [6.45, 7) is 5.39. The predicted octanol–water partition coefficient (Wildman–Crippen LogP) is 3.40.